The monoisotopic (exact) mass is 517 g/mol. The van der Waals surface area contributed by atoms with Crippen molar-refractivity contribution in [1.29, 1.82) is 0 Å². The van der Waals surface area contributed by atoms with Crippen LogP contribution in [0.3, 0.4) is 0 Å². The number of hydrogen-bond donors (Lipinski definition) is 1. The van der Waals surface area contributed by atoms with E-state index in [-0.39, 0.29) is 5.69 Å². The van der Waals surface area contributed by atoms with Crippen LogP contribution in [0.5, 0.6) is 0 Å². The number of nitrogens with zero attached hydrogens (tertiary/aromatic N) is 6. The number of halogens is 3. The normalized spacial score (nSPS) is 16.2. The van der Waals surface area contributed by atoms with Crippen molar-refractivity contribution in [3.63, 3.8) is 0 Å². The van der Waals surface area contributed by atoms with Gasteiger partial charge < -0.3 is 29.5 Å². The van der Waals surface area contributed by atoms with E-state index in [4.69, 9.17) is 26.1 Å². The number of ether oxygens (including phenoxy) is 2. The van der Waals surface area contributed by atoms with Gasteiger partial charge in [-0.2, -0.15) is 4.98 Å². The van der Waals surface area contributed by atoms with Crippen molar-refractivity contribution in [2.75, 3.05) is 73.2 Å². The molecule has 9 nitrogen and oxygen atoms in total. The zero-order valence-corrected chi connectivity index (χ0v) is 20.5. The van der Waals surface area contributed by atoms with E-state index in [1.807, 2.05) is 12.1 Å². The smallest absolute Gasteiger partial charge is 0.229 e. The fourth-order valence-electron chi connectivity index (χ4n) is 4.09. The molecule has 2 aliphatic heterocycles. The lowest BCUT2D eigenvalue weighted by Crippen LogP contribution is -2.38. The Kier molecular flexibility index (Phi) is 7.30. The minimum Gasteiger partial charge on any atom is -0.378 e. The number of pyridine rings is 1. The van der Waals surface area contributed by atoms with Crippen LogP contribution in [0.15, 0.2) is 36.5 Å². The van der Waals surface area contributed by atoms with Crippen molar-refractivity contribution >= 4 is 46.4 Å². The Bertz CT molecular complexity index is 1190. The van der Waals surface area contributed by atoms with Crippen molar-refractivity contribution < 1.29 is 18.3 Å². The molecule has 0 saturated carbocycles. The Hall–Kier alpha value is -3.28. The summed E-state index contributed by atoms with van der Waals surface area (Å²) >= 11 is 5.76. The third-order valence-electron chi connectivity index (χ3n) is 6.04. The van der Waals surface area contributed by atoms with Gasteiger partial charge in [-0.1, -0.05) is 11.6 Å². The second-order valence-electron chi connectivity index (χ2n) is 8.44. The molecule has 36 heavy (non-hydrogen) atoms. The fraction of sp³-hybridized carbons (Fsp3) is 0.375. The Balaban J connectivity index is 1.43. The van der Waals surface area contributed by atoms with Gasteiger partial charge in [0.25, 0.3) is 0 Å². The molecule has 0 amide bonds. The van der Waals surface area contributed by atoms with E-state index in [0.717, 1.165) is 56.1 Å². The molecule has 0 aliphatic carbocycles. The van der Waals surface area contributed by atoms with Crippen LogP contribution < -0.4 is 20.0 Å². The lowest BCUT2D eigenvalue weighted by molar-refractivity contribution is 0.106. The van der Waals surface area contributed by atoms with Crippen LogP contribution in [0.2, 0.25) is 5.02 Å². The highest BCUT2D eigenvalue weighted by Gasteiger charge is 2.20. The van der Waals surface area contributed by atoms with Crippen LogP contribution >= 0.6 is 11.6 Å². The Morgan fingerprint density at radius 3 is 2.50 bits per heavy atom. The molecule has 2 saturated heterocycles. The van der Waals surface area contributed by atoms with Gasteiger partial charge in [0.2, 0.25) is 5.95 Å². The molecule has 1 aromatic carbocycles. The average Bonchev–Trinajstić information content (AvgIpc) is 2.92. The zero-order valence-electron chi connectivity index (χ0n) is 19.8. The summed E-state index contributed by atoms with van der Waals surface area (Å²) < 4.78 is 39.3. The second-order valence-corrected chi connectivity index (χ2v) is 8.82. The predicted molar refractivity (Wildman–Crippen MR) is 135 cm³/mol. The first kappa shape index (κ1) is 24.4. The van der Waals surface area contributed by atoms with Gasteiger partial charge in [-0.15, -0.1) is 0 Å². The number of anilines is 6. The lowest BCUT2D eigenvalue weighted by Gasteiger charge is -2.31. The predicted octanol–water partition coefficient (Wildman–Crippen LogP) is 4.34. The molecule has 0 unspecified atom stereocenters. The minimum atomic E-state index is -0.857. The van der Waals surface area contributed by atoms with E-state index in [1.54, 1.807) is 19.3 Å². The molecule has 4 heterocycles. The average molecular weight is 518 g/mol. The molecule has 0 spiro atoms. The van der Waals surface area contributed by atoms with Crippen molar-refractivity contribution in [3.05, 3.63) is 53.2 Å². The molecule has 12 heteroatoms. The Morgan fingerprint density at radius 1 is 0.972 bits per heavy atom. The minimum absolute atomic E-state index is 0.0944. The van der Waals surface area contributed by atoms with Gasteiger partial charge in [-0.05, 0) is 24.6 Å². The number of nitrogens with one attached hydrogen (secondary N) is 1. The van der Waals surface area contributed by atoms with E-state index < -0.39 is 16.7 Å². The maximum atomic E-state index is 14.6. The molecule has 0 bridgehead atoms. The van der Waals surface area contributed by atoms with Crippen LogP contribution in [0.4, 0.5) is 43.6 Å². The third-order valence-corrected chi connectivity index (χ3v) is 6.38. The molecular formula is C24H26ClF2N7O2. The van der Waals surface area contributed by atoms with Gasteiger partial charge in [0, 0.05) is 50.7 Å². The summed E-state index contributed by atoms with van der Waals surface area (Å²) in [6.07, 6.45) is 2.49. The van der Waals surface area contributed by atoms with Crippen molar-refractivity contribution in [1.82, 2.24) is 15.0 Å². The standard InChI is InChI=1S/C24H26ClF2N7O2/c1-32(18-4-3-17(26)22(25)23(18)27)19-5-6-28-24(31-19)29-16-13-20(33-8-11-35-12-9-33)30-21(14-16)34-7-2-10-36-15-34/h3-6,13-14H,2,7-12,15H2,1H3,(H,28,29,30,31). The largest absolute Gasteiger partial charge is 0.378 e. The van der Waals surface area contributed by atoms with Gasteiger partial charge in [-0.3, -0.25) is 0 Å². The van der Waals surface area contributed by atoms with E-state index in [0.29, 0.717) is 31.7 Å². The summed E-state index contributed by atoms with van der Waals surface area (Å²) in [7, 11) is 1.62. The molecule has 0 radical (unpaired) electrons. The maximum absolute atomic E-state index is 14.6. The summed E-state index contributed by atoms with van der Waals surface area (Å²) in [5.74, 6) is 0.650. The zero-order chi connectivity index (χ0) is 25.1. The highest BCUT2D eigenvalue weighted by atomic mass is 35.5. The van der Waals surface area contributed by atoms with Gasteiger partial charge in [-0.25, -0.2) is 18.7 Å². The summed E-state index contributed by atoms with van der Waals surface area (Å²) in [5, 5.41) is 2.69. The van der Waals surface area contributed by atoms with Crippen LogP contribution in [0.25, 0.3) is 0 Å². The molecule has 2 aromatic heterocycles. The maximum Gasteiger partial charge on any atom is 0.229 e. The summed E-state index contributed by atoms with van der Waals surface area (Å²) in [6.45, 7) is 4.83. The van der Waals surface area contributed by atoms with Gasteiger partial charge in [0.05, 0.1) is 25.5 Å². The SMILES string of the molecule is CN(c1ccnc(Nc2cc(N3CCOCC3)nc(N3CCCOC3)c2)n1)c1ccc(F)c(Cl)c1F. The number of rotatable bonds is 6. The van der Waals surface area contributed by atoms with Gasteiger partial charge in [0.15, 0.2) is 5.82 Å². The number of morpholine rings is 1. The van der Waals surface area contributed by atoms with Crippen molar-refractivity contribution in [2.45, 2.75) is 6.42 Å². The van der Waals surface area contributed by atoms with Crippen LogP contribution in [0.1, 0.15) is 6.42 Å². The molecule has 5 rings (SSSR count). The molecule has 3 aromatic rings. The first-order valence-corrected chi connectivity index (χ1v) is 12.0. The van der Waals surface area contributed by atoms with Crippen LogP contribution in [0, 0.1) is 11.6 Å². The third kappa shape index (κ3) is 5.28. The summed E-state index contributed by atoms with van der Waals surface area (Å²) in [5.41, 5.74) is 0.847. The first-order chi connectivity index (χ1) is 17.5. The molecule has 2 fully saturated rings. The van der Waals surface area contributed by atoms with Crippen LogP contribution in [-0.2, 0) is 9.47 Å². The van der Waals surface area contributed by atoms with E-state index in [2.05, 4.69) is 25.1 Å². The quantitative estimate of drug-likeness (QED) is 0.480. The highest BCUT2D eigenvalue weighted by molar-refractivity contribution is 6.31. The fourth-order valence-corrected chi connectivity index (χ4v) is 4.25. The molecule has 2 aliphatic rings. The highest BCUT2D eigenvalue weighted by Crippen LogP contribution is 2.32. The Labute approximate surface area is 212 Å². The summed E-state index contributed by atoms with van der Waals surface area (Å²) in [4.78, 5) is 19.5. The number of hydrogen-bond acceptors (Lipinski definition) is 9. The molecular weight excluding hydrogens is 492 g/mol. The van der Waals surface area contributed by atoms with Gasteiger partial charge >= 0.3 is 0 Å². The Morgan fingerprint density at radius 2 is 1.75 bits per heavy atom. The first-order valence-electron chi connectivity index (χ1n) is 11.6. The molecule has 0 atom stereocenters. The van der Waals surface area contributed by atoms with Crippen LogP contribution in [-0.4, -0.2) is 68.2 Å². The lowest BCUT2D eigenvalue weighted by atomic mass is 10.2. The topological polar surface area (TPSA) is 78.9 Å². The molecule has 1 N–H and O–H groups in total. The van der Waals surface area contributed by atoms with Crippen molar-refractivity contribution in [3.8, 4) is 0 Å². The van der Waals surface area contributed by atoms with E-state index in [1.165, 1.54) is 11.0 Å². The van der Waals surface area contributed by atoms with E-state index >= 15 is 0 Å². The number of benzene rings is 1. The second kappa shape index (κ2) is 10.8. The van der Waals surface area contributed by atoms with E-state index in [9.17, 15) is 8.78 Å². The van der Waals surface area contributed by atoms with Crippen molar-refractivity contribution in [2.24, 2.45) is 0 Å². The summed E-state index contributed by atoms with van der Waals surface area (Å²) in [6, 6.07) is 7.93. The van der Waals surface area contributed by atoms with Gasteiger partial charge in [0.1, 0.15) is 35.0 Å². The number of aromatic nitrogens is 3. The molecule has 190 valence electrons.